The van der Waals surface area contributed by atoms with E-state index in [1.165, 1.54) is 11.8 Å². The molecule has 158 valence electrons. The van der Waals surface area contributed by atoms with Crippen LogP contribution < -0.4 is 9.47 Å². The van der Waals surface area contributed by atoms with Crippen molar-refractivity contribution < 1.29 is 14.3 Å². The number of nitrogens with zero attached hydrogens (tertiary/aromatic N) is 3. The summed E-state index contributed by atoms with van der Waals surface area (Å²) in [6.07, 6.45) is 3.60. The summed E-state index contributed by atoms with van der Waals surface area (Å²) in [7, 11) is 3.20. The van der Waals surface area contributed by atoms with E-state index in [0.717, 1.165) is 16.4 Å². The zero-order valence-electron chi connectivity index (χ0n) is 17.2. The van der Waals surface area contributed by atoms with Crippen LogP contribution in [-0.2, 0) is 11.3 Å². The molecule has 0 N–H and O–H groups in total. The molecule has 3 rings (SSSR count). The smallest absolute Gasteiger partial charge is 0.233 e. The van der Waals surface area contributed by atoms with Crippen molar-refractivity contribution in [2.75, 3.05) is 26.5 Å². The SMILES string of the molecule is CCN(Cc1ccc(OC)c(OC)c1)C(=O)CSc1nccn1-c1ccc(Cl)cc1. The number of ether oxygens (including phenoxy) is 2. The fourth-order valence-corrected chi connectivity index (χ4v) is 3.99. The quantitative estimate of drug-likeness (QED) is 0.447. The van der Waals surface area contributed by atoms with Gasteiger partial charge < -0.3 is 14.4 Å². The first kappa shape index (κ1) is 22.1. The average molecular weight is 446 g/mol. The molecule has 6 nitrogen and oxygen atoms in total. The largest absolute Gasteiger partial charge is 0.493 e. The molecule has 1 heterocycles. The summed E-state index contributed by atoms with van der Waals surface area (Å²) in [6, 6.07) is 13.2. The molecule has 0 aliphatic heterocycles. The van der Waals surface area contributed by atoms with Crippen molar-refractivity contribution in [1.29, 1.82) is 0 Å². The van der Waals surface area contributed by atoms with Crippen LogP contribution in [0.1, 0.15) is 12.5 Å². The summed E-state index contributed by atoms with van der Waals surface area (Å²) in [5, 5.41) is 1.44. The molecule has 0 aliphatic rings. The van der Waals surface area contributed by atoms with Gasteiger partial charge in [0, 0.05) is 36.2 Å². The van der Waals surface area contributed by atoms with Gasteiger partial charge in [0.2, 0.25) is 5.91 Å². The molecule has 0 fully saturated rings. The Hall–Kier alpha value is -2.64. The number of methoxy groups -OCH3 is 2. The number of thioether (sulfide) groups is 1. The molecule has 3 aromatic rings. The molecule has 8 heteroatoms. The topological polar surface area (TPSA) is 56.6 Å². The van der Waals surface area contributed by atoms with E-state index < -0.39 is 0 Å². The molecular formula is C22H24ClN3O3S. The predicted octanol–water partition coefficient (Wildman–Crippen LogP) is 4.68. The number of hydrogen-bond donors (Lipinski definition) is 0. The molecule has 0 radical (unpaired) electrons. The standard InChI is InChI=1S/C22H24ClN3O3S/c1-4-25(14-16-5-10-19(28-2)20(13-16)29-3)21(27)15-30-22-24-11-12-26(22)18-8-6-17(23)7-9-18/h5-13H,4,14-15H2,1-3H3. The van der Waals surface area contributed by atoms with E-state index in [0.29, 0.717) is 35.4 Å². The lowest BCUT2D eigenvalue weighted by Crippen LogP contribution is -2.31. The Kier molecular flexibility index (Phi) is 7.65. The molecule has 30 heavy (non-hydrogen) atoms. The van der Waals surface area contributed by atoms with Crippen molar-refractivity contribution in [2.45, 2.75) is 18.6 Å². The van der Waals surface area contributed by atoms with E-state index in [1.807, 2.05) is 65.1 Å². The maximum absolute atomic E-state index is 12.8. The van der Waals surface area contributed by atoms with Gasteiger partial charge in [-0.05, 0) is 48.9 Å². The van der Waals surface area contributed by atoms with Crippen molar-refractivity contribution >= 4 is 29.3 Å². The number of imidazole rings is 1. The van der Waals surface area contributed by atoms with Gasteiger partial charge in [-0.25, -0.2) is 4.98 Å². The second kappa shape index (κ2) is 10.4. The van der Waals surface area contributed by atoms with Gasteiger partial charge in [0.1, 0.15) is 0 Å². The van der Waals surface area contributed by atoms with Crippen LogP contribution in [0, 0.1) is 0 Å². The number of carbonyl (C=O) groups is 1. The third-order valence-electron chi connectivity index (χ3n) is 4.59. The molecule has 0 unspecified atom stereocenters. The maximum Gasteiger partial charge on any atom is 0.233 e. The molecule has 0 atom stereocenters. The van der Waals surface area contributed by atoms with Gasteiger partial charge in [-0.1, -0.05) is 29.4 Å². The van der Waals surface area contributed by atoms with E-state index in [2.05, 4.69) is 4.98 Å². The van der Waals surface area contributed by atoms with Crippen LogP contribution in [0.25, 0.3) is 5.69 Å². The number of hydrogen-bond acceptors (Lipinski definition) is 5. The lowest BCUT2D eigenvalue weighted by molar-refractivity contribution is -0.128. The Balaban J connectivity index is 1.65. The molecule has 0 bridgehead atoms. The summed E-state index contributed by atoms with van der Waals surface area (Å²) in [5.74, 6) is 1.66. The van der Waals surface area contributed by atoms with Crippen LogP contribution in [0.3, 0.4) is 0 Å². The molecular weight excluding hydrogens is 422 g/mol. The van der Waals surface area contributed by atoms with Crippen molar-refractivity contribution in [1.82, 2.24) is 14.5 Å². The minimum Gasteiger partial charge on any atom is -0.493 e. The summed E-state index contributed by atoms with van der Waals surface area (Å²) < 4.78 is 12.6. The van der Waals surface area contributed by atoms with Gasteiger partial charge in [0.05, 0.1) is 20.0 Å². The highest BCUT2D eigenvalue weighted by atomic mass is 35.5. The third kappa shape index (κ3) is 5.29. The van der Waals surface area contributed by atoms with E-state index in [4.69, 9.17) is 21.1 Å². The number of rotatable bonds is 9. The molecule has 0 aliphatic carbocycles. The second-order valence-corrected chi connectivity index (χ2v) is 7.82. The van der Waals surface area contributed by atoms with E-state index in [9.17, 15) is 4.79 Å². The molecule has 1 aromatic heterocycles. The predicted molar refractivity (Wildman–Crippen MR) is 120 cm³/mol. The maximum atomic E-state index is 12.8. The molecule has 0 saturated carbocycles. The Labute approximate surface area is 185 Å². The third-order valence-corrected chi connectivity index (χ3v) is 5.80. The van der Waals surface area contributed by atoms with Gasteiger partial charge >= 0.3 is 0 Å². The zero-order chi connectivity index (χ0) is 21.5. The summed E-state index contributed by atoms with van der Waals surface area (Å²) in [4.78, 5) is 19.0. The number of carbonyl (C=O) groups excluding carboxylic acids is 1. The average Bonchev–Trinajstić information content (AvgIpc) is 3.24. The van der Waals surface area contributed by atoms with Crippen LogP contribution in [-0.4, -0.2) is 46.9 Å². The number of amides is 1. The number of aromatic nitrogens is 2. The van der Waals surface area contributed by atoms with Gasteiger partial charge in [-0.3, -0.25) is 9.36 Å². The Morgan fingerprint density at radius 1 is 1.13 bits per heavy atom. The summed E-state index contributed by atoms with van der Waals surface area (Å²) in [6.45, 7) is 3.08. The number of benzene rings is 2. The highest BCUT2D eigenvalue weighted by Crippen LogP contribution is 2.28. The lowest BCUT2D eigenvalue weighted by atomic mass is 10.2. The Morgan fingerprint density at radius 3 is 2.53 bits per heavy atom. The fourth-order valence-electron chi connectivity index (χ4n) is 2.99. The van der Waals surface area contributed by atoms with Crippen molar-refractivity contribution in [3.63, 3.8) is 0 Å². The van der Waals surface area contributed by atoms with Gasteiger partial charge in [0.25, 0.3) is 0 Å². The zero-order valence-corrected chi connectivity index (χ0v) is 18.7. The number of halogens is 1. The summed E-state index contributed by atoms with van der Waals surface area (Å²) in [5.41, 5.74) is 1.93. The van der Waals surface area contributed by atoms with E-state index in [-0.39, 0.29) is 5.91 Å². The van der Waals surface area contributed by atoms with Crippen molar-refractivity contribution in [3.05, 3.63) is 65.4 Å². The first-order valence-corrected chi connectivity index (χ1v) is 10.8. The van der Waals surface area contributed by atoms with Crippen LogP contribution in [0.5, 0.6) is 11.5 Å². The Morgan fingerprint density at radius 2 is 1.87 bits per heavy atom. The summed E-state index contributed by atoms with van der Waals surface area (Å²) >= 11 is 7.39. The van der Waals surface area contributed by atoms with Crippen LogP contribution in [0.2, 0.25) is 5.02 Å². The van der Waals surface area contributed by atoms with Crippen LogP contribution in [0.4, 0.5) is 0 Å². The second-order valence-electron chi connectivity index (χ2n) is 6.44. The van der Waals surface area contributed by atoms with Crippen LogP contribution >= 0.6 is 23.4 Å². The lowest BCUT2D eigenvalue weighted by Gasteiger charge is -2.21. The van der Waals surface area contributed by atoms with E-state index >= 15 is 0 Å². The minimum absolute atomic E-state index is 0.0444. The van der Waals surface area contributed by atoms with Crippen molar-refractivity contribution in [3.8, 4) is 17.2 Å². The van der Waals surface area contributed by atoms with Gasteiger partial charge in [-0.2, -0.15) is 0 Å². The van der Waals surface area contributed by atoms with Gasteiger partial charge in [0.15, 0.2) is 16.7 Å². The van der Waals surface area contributed by atoms with Gasteiger partial charge in [-0.15, -0.1) is 0 Å². The first-order chi connectivity index (χ1) is 14.5. The van der Waals surface area contributed by atoms with E-state index in [1.54, 1.807) is 20.4 Å². The first-order valence-electron chi connectivity index (χ1n) is 9.46. The Bertz CT molecular complexity index is 992. The monoisotopic (exact) mass is 445 g/mol. The molecule has 1 amide bonds. The minimum atomic E-state index is 0.0444. The highest BCUT2D eigenvalue weighted by Gasteiger charge is 2.16. The van der Waals surface area contributed by atoms with Crippen molar-refractivity contribution in [2.24, 2.45) is 0 Å². The fraction of sp³-hybridized carbons (Fsp3) is 0.273. The normalized spacial score (nSPS) is 10.7. The molecule has 0 saturated heterocycles. The van der Waals surface area contributed by atoms with Crippen LogP contribution in [0.15, 0.2) is 60.0 Å². The molecule has 2 aromatic carbocycles. The highest BCUT2D eigenvalue weighted by molar-refractivity contribution is 7.99. The molecule has 0 spiro atoms.